The number of hydrogen-bond acceptors (Lipinski definition) is 4. The van der Waals surface area contributed by atoms with Gasteiger partial charge in [-0.15, -0.1) is 0 Å². The molecular formula is C16H16N2O4. The van der Waals surface area contributed by atoms with E-state index in [1.165, 1.54) is 12.1 Å². The number of aliphatic hydroxyl groups excluding tert-OH is 1. The molecule has 0 saturated heterocycles. The number of nitro benzene ring substituents is 1. The van der Waals surface area contributed by atoms with Crippen molar-refractivity contribution in [3.63, 3.8) is 0 Å². The molecule has 2 aromatic rings. The van der Waals surface area contributed by atoms with E-state index in [-0.39, 0.29) is 5.69 Å². The molecule has 1 amide bonds. The van der Waals surface area contributed by atoms with E-state index in [1.54, 1.807) is 36.4 Å². The number of rotatable bonds is 6. The van der Waals surface area contributed by atoms with E-state index in [0.29, 0.717) is 18.5 Å². The summed E-state index contributed by atoms with van der Waals surface area (Å²) in [6, 6.07) is 14.8. The van der Waals surface area contributed by atoms with Crippen LogP contribution in [0, 0.1) is 10.1 Å². The number of carbonyl (C=O) groups excluding carboxylic acids is 1. The van der Waals surface area contributed by atoms with Crippen molar-refractivity contribution in [1.29, 1.82) is 0 Å². The van der Waals surface area contributed by atoms with Crippen LogP contribution in [0.1, 0.15) is 17.2 Å². The fourth-order valence-corrected chi connectivity index (χ4v) is 2.00. The lowest BCUT2D eigenvalue weighted by atomic mass is 10.1. The number of benzene rings is 2. The second-order valence-electron chi connectivity index (χ2n) is 4.78. The van der Waals surface area contributed by atoms with Gasteiger partial charge < -0.3 is 10.4 Å². The van der Waals surface area contributed by atoms with Crippen LogP contribution in [0.3, 0.4) is 0 Å². The molecule has 6 nitrogen and oxygen atoms in total. The van der Waals surface area contributed by atoms with Gasteiger partial charge in [-0.25, -0.2) is 0 Å². The van der Waals surface area contributed by atoms with Crippen LogP contribution in [0.15, 0.2) is 54.6 Å². The molecular weight excluding hydrogens is 284 g/mol. The molecule has 0 spiro atoms. The molecule has 0 fully saturated rings. The van der Waals surface area contributed by atoms with Gasteiger partial charge in [0, 0.05) is 18.7 Å². The Hall–Kier alpha value is -2.73. The molecule has 2 N–H and O–H groups in total. The number of amides is 1. The summed E-state index contributed by atoms with van der Waals surface area (Å²) in [6.45, 7) is 0.348. The first-order valence-electron chi connectivity index (χ1n) is 6.82. The second-order valence-corrected chi connectivity index (χ2v) is 4.78. The molecule has 2 aromatic carbocycles. The fraction of sp³-hybridized carbons (Fsp3) is 0.188. The van der Waals surface area contributed by atoms with Gasteiger partial charge in [-0.1, -0.05) is 42.5 Å². The van der Waals surface area contributed by atoms with Crippen molar-refractivity contribution in [2.24, 2.45) is 0 Å². The van der Waals surface area contributed by atoms with Crippen LogP contribution in [0.4, 0.5) is 5.69 Å². The molecule has 0 aromatic heterocycles. The highest BCUT2D eigenvalue weighted by atomic mass is 16.6. The highest BCUT2D eigenvalue weighted by Gasteiger charge is 2.16. The zero-order chi connectivity index (χ0) is 15.9. The number of nitrogens with one attached hydrogen (secondary N) is 1. The Kier molecular flexibility index (Phi) is 5.21. The van der Waals surface area contributed by atoms with Crippen molar-refractivity contribution in [3.05, 3.63) is 75.8 Å². The highest BCUT2D eigenvalue weighted by Crippen LogP contribution is 2.13. The summed E-state index contributed by atoms with van der Waals surface area (Å²) in [5.74, 6) is -0.465. The van der Waals surface area contributed by atoms with Crippen molar-refractivity contribution in [3.8, 4) is 0 Å². The van der Waals surface area contributed by atoms with Gasteiger partial charge in [-0.2, -0.15) is 0 Å². The van der Waals surface area contributed by atoms with Crippen LogP contribution in [-0.4, -0.2) is 22.5 Å². The molecule has 6 heteroatoms. The van der Waals surface area contributed by atoms with Crippen molar-refractivity contribution in [2.75, 3.05) is 6.54 Å². The first-order valence-corrected chi connectivity index (χ1v) is 6.82. The number of hydrogen-bond donors (Lipinski definition) is 2. The molecule has 114 valence electrons. The second kappa shape index (κ2) is 7.33. The summed E-state index contributed by atoms with van der Waals surface area (Å²) < 4.78 is 0. The largest absolute Gasteiger partial charge is 0.378 e. The molecule has 0 radical (unpaired) electrons. The van der Waals surface area contributed by atoms with Crippen LogP contribution >= 0.6 is 0 Å². The Balaban J connectivity index is 1.83. The average molecular weight is 300 g/mol. The van der Waals surface area contributed by atoms with E-state index >= 15 is 0 Å². The van der Waals surface area contributed by atoms with Gasteiger partial charge in [0.1, 0.15) is 0 Å². The SMILES string of the molecule is O=C(NCCc1ccc([N+](=O)[O-])cc1)[C@@H](O)c1ccccc1. The minimum Gasteiger partial charge on any atom is -0.378 e. The summed E-state index contributed by atoms with van der Waals surface area (Å²) in [5.41, 5.74) is 1.45. The van der Waals surface area contributed by atoms with Crippen LogP contribution < -0.4 is 5.32 Å². The van der Waals surface area contributed by atoms with Crippen LogP contribution in [0.5, 0.6) is 0 Å². The maximum atomic E-state index is 11.8. The molecule has 0 aliphatic rings. The van der Waals surface area contributed by atoms with Crippen LogP contribution in [0.25, 0.3) is 0 Å². The minimum absolute atomic E-state index is 0.0345. The normalized spacial score (nSPS) is 11.7. The van der Waals surface area contributed by atoms with E-state index in [1.807, 2.05) is 6.07 Å². The molecule has 2 rings (SSSR count). The van der Waals surface area contributed by atoms with Crippen molar-refractivity contribution in [1.82, 2.24) is 5.32 Å². The summed E-state index contributed by atoms with van der Waals surface area (Å²) in [4.78, 5) is 21.9. The number of carbonyl (C=O) groups is 1. The maximum absolute atomic E-state index is 11.8. The Morgan fingerprint density at radius 3 is 2.36 bits per heavy atom. The van der Waals surface area contributed by atoms with Gasteiger partial charge in [0.05, 0.1) is 4.92 Å². The molecule has 0 bridgehead atoms. The topological polar surface area (TPSA) is 92.5 Å². The monoisotopic (exact) mass is 300 g/mol. The van der Waals surface area contributed by atoms with Crippen molar-refractivity contribution in [2.45, 2.75) is 12.5 Å². The van der Waals surface area contributed by atoms with Gasteiger partial charge in [0.2, 0.25) is 0 Å². The first-order chi connectivity index (χ1) is 10.6. The smallest absolute Gasteiger partial charge is 0.269 e. The first kappa shape index (κ1) is 15.7. The lowest BCUT2D eigenvalue weighted by molar-refractivity contribution is -0.384. The summed E-state index contributed by atoms with van der Waals surface area (Å²) in [5, 5.41) is 23.1. The Morgan fingerprint density at radius 1 is 1.14 bits per heavy atom. The summed E-state index contributed by atoms with van der Waals surface area (Å²) >= 11 is 0. The molecule has 0 saturated carbocycles. The van der Waals surface area contributed by atoms with Crippen LogP contribution in [-0.2, 0) is 11.2 Å². The van der Waals surface area contributed by atoms with E-state index in [2.05, 4.69) is 5.32 Å². The highest BCUT2D eigenvalue weighted by molar-refractivity contribution is 5.81. The van der Waals surface area contributed by atoms with Gasteiger partial charge >= 0.3 is 0 Å². The van der Waals surface area contributed by atoms with Crippen LogP contribution in [0.2, 0.25) is 0 Å². The van der Waals surface area contributed by atoms with E-state index in [4.69, 9.17) is 0 Å². The predicted octanol–water partition coefficient (Wildman–Crippen LogP) is 1.99. The molecule has 0 unspecified atom stereocenters. The maximum Gasteiger partial charge on any atom is 0.269 e. The standard InChI is InChI=1S/C16H16N2O4/c19-15(13-4-2-1-3-5-13)16(20)17-11-10-12-6-8-14(9-7-12)18(21)22/h1-9,15,19H,10-11H2,(H,17,20)/t15-/m0/s1. The summed E-state index contributed by atoms with van der Waals surface area (Å²) in [6.07, 6.45) is -0.663. The van der Waals surface area contributed by atoms with Gasteiger partial charge in [-0.3, -0.25) is 14.9 Å². The minimum atomic E-state index is -1.20. The van der Waals surface area contributed by atoms with Crippen molar-refractivity contribution < 1.29 is 14.8 Å². The fourth-order valence-electron chi connectivity index (χ4n) is 2.00. The number of nitrogens with zero attached hydrogens (tertiary/aromatic N) is 1. The number of aliphatic hydroxyl groups is 1. The van der Waals surface area contributed by atoms with Gasteiger partial charge in [0.15, 0.2) is 6.10 Å². The van der Waals surface area contributed by atoms with E-state index < -0.39 is 16.9 Å². The molecule has 22 heavy (non-hydrogen) atoms. The summed E-state index contributed by atoms with van der Waals surface area (Å²) in [7, 11) is 0. The third-order valence-electron chi connectivity index (χ3n) is 3.22. The third-order valence-corrected chi connectivity index (χ3v) is 3.22. The molecule has 1 atom stereocenters. The molecule has 0 aliphatic heterocycles. The Bertz CT molecular complexity index is 641. The predicted molar refractivity (Wildman–Crippen MR) is 81.2 cm³/mol. The Labute approximate surface area is 127 Å². The molecule has 0 heterocycles. The van der Waals surface area contributed by atoms with E-state index in [0.717, 1.165) is 5.56 Å². The molecule has 0 aliphatic carbocycles. The van der Waals surface area contributed by atoms with Crippen molar-refractivity contribution >= 4 is 11.6 Å². The van der Waals surface area contributed by atoms with Gasteiger partial charge in [-0.05, 0) is 17.5 Å². The Morgan fingerprint density at radius 2 is 1.77 bits per heavy atom. The quantitative estimate of drug-likeness (QED) is 0.630. The number of non-ortho nitro benzene ring substituents is 1. The van der Waals surface area contributed by atoms with Gasteiger partial charge in [0.25, 0.3) is 11.6 Å². The lowest BCUT2D eigenvalue weighted by Crippen LogP contribution is -2.30. The third kappa shape index (κ3) is 4.13. The van der Waals surface area contributed by atoms with E-state index in [9.17, 15) is 20.0 Å². The lowest BCUT2D eigenvalue weighted by Gasteiger charge is -2.11. The zero-order valence-electron chi connectivity index (χ0n) is 11.8. The number of nitro groups is 1. The zero-order valence-corrected chi connectivity index (χ0v) is 11.8. The average Bonchev–Trinajstić information content (AvgIpc) is 2.55.